The van der Waals surface area contributed by atoms with Gasteiger partial charge in [-0.3, -0.25) is 0 Å². The van der Waals surface area contributed by atoms with Gasteiger partial charge in [0.25, 0.3) is 0 Å². The van der Waals surface area contributed by atoms with E-state index in [1.165, 1.54) is 19.3 Å². The summed E-state index contributed by atoms with van der Waals surface area (Å²) in [5, 5.41) is 3.39. The van der Waals surface area contributed by atoms with Gasteiger partial charge in [-0.05, 0) is 41.4 Å². The SMILES string of the molecule is CCCCCCOc1ncc(Br)cc1CNCCC. The highest BCUT2D eigenvalue weighted by Gasteiger charge is 2.06. The number of ether oxygens (including phenoxy) is 1. The zero-order chi connectivity index (χ0) is 13.9. The molecular formula is C15H25BrN2O. The molecule has 108 valence electrons. The molecule has 1 heterocycles. The normalized spacial score (nSPS) is 10.7. The Kier molecular flexibility index (Phi) is 8.84. The first-order valence-electron chi connectivity index (χ1n) is 7.25. The van der Waals surface area contributed by atoms with Gasteiger partial charge in [-0.1, -0.05) is 33.1 Å². The number of pyridine rings is 1. The standard InChI is InChI=1S/C15H25BrN2O/c1-3-5-6-7-9-19-15-13(11-17-8-4-2)10-14(16)12-18-15/h10,12,17H,3-9,11H2,1-2H3. The minimum atomic E-state index is 0.759. The van der Waals surface area contributed by atoms with Gasteiger partial charge < -0.3 is 10.1 Å². The van der Waals surface area contributed by atoms with E-state index in [0.717, 1.165) is 48.5 Å². The first-order valence-corrected chi connectivity index (χ1v) is 8.05. The lowest BCUT2D eigenvalue weighted by atomic mass is 10.2. The molecule has 4 heteroatoms. The van der Waals surface area contributed by atoms with Crippen LogP contribution in [0.25, 0.3) is 0 Å². The quantitative estimate of drug-likeness (QED) is 0.650. The molecule has 0 fully saturated rings. The van der Waals surface area contributed by atoms with Gasteiger partial charge in [0.2, 0.25) is 5.88 Å². The number of rotatable bonds is 10. The summed E-state index contributed by atoms with van der Waals surface area (Å²) in [5.74, 6) is 0.767. The van der Waals surface area contributed by atoms with Crippen molar-refractivity contribution in [2.75, 3.05) is 13.2 Å². The van der Waals surface area contributed by atoms with Gasteiger partial charge in [0.1, 0.15) is 0 Å². The lowest BCUT2D eigenvalue weighted by molar-refractivity contribution is 0.290. The van der Waals surface area contributed by atoms with Crippen LogP contribution in [0.4, 0.5) is 0 Å². The van der Waals surface area contributed by atoms with Crippen molar-refractivity contribution in [2.45, 2.75) is 52.5 Å². The van der Waals surface area contributed by atoms with Crippen LogP contribution in [0.5, 0.6) is 5.88 Å². The Labute approximate surface area is 125 Å². The smallest absolute Gasteiger partial charge is 0.217 e. The maximum Gasteiger partial charge on any atom is 0.217 e. The van der Waals surface area contributed by atoms with E-state index >= 15 is 0 Å². The molecule has 0 saturated heterocycles. The number of nitrogens with one attached hydrogen (secondary N) is 1. The Hall–Kier alpha value is -0.610. The summed E-state index contributed by atoms with van der Waals surface area (Å²) in [6.45, 7) is 6.97. The molecule has 0 saturated carbocycles. The van der Waals surface area contributed by atoms with E-state index in [-0.39, 0.29) is 0 Å². The van der Waals surface area contributed by atoms with Crippen molar-refractivity contribution in [3.63, 3.8) is 0 Å². The molecule has 19 heavy (non-hydrogen) atoms. The predicted octanol–water partition coefficient (Wildman–Crippen LogP) is 4.30. The second-order valence-electron chi connectivity index (χ2n) is 4.70. The third-order valence-electron chi connectivity index (χ3n) is 2.87. The Balaban J connectivity index is 2.45. The van der Waals surface area contributed by atoms with Crippen LogP contribution in [-0.4, -0.2) is 18.1 Å². The second-order valence-corrected chi connectivity index (χ2v) is 5.62. The van der Waals surface area contributed by atoms with E-state index in [1.807, 2.05) is 0 Å². The number of aromatic nitrogens is 1. The van der Waals surface area contributed by atoms with E-state index in [4.69, 9.17) is 4.74 Å². The number of halogens is 1. The highest BCUT2D eigenvalue weighted by molar-refractivity contribution is 9.10. The first kappa shape index (κ1) is 16.4. The van der Waals surface area contributed by atoms with Gasteiger partial charge >= 0.3 is 0 Å². The van der Waals surface area contributed by atoms with Crippen LogP contribution in [-0.2, 0) is 6.54 Å². The molecule has 0 aromatic carbocycles. The molecule has 1 aromatic rings. The van der Waals surface area contributed by atoms with Crippen molar-refractivity contribution in [3.05, 3.63) is 22.3 Å². The van der Waals surface area contributed by atoms with E-state index in [2.05, 4.69) is 46.1 Å². The minimum Gasteiger partial charge on any atom is -0.477 e. The zero-order valence-corrected chi connectivity index (χ0v) is 13.6. The summed E-state index contributed by atoms with van der Waals surface area (Å²) >= 11 is 3.46. The van der Waals surface area contributed by atoms with Crippen molar-refractivity contribution < 1.29 is 4.74 Å². The van der Waals surface area contributed by atoms with Gasteiger partial charge in [0, 0.05) is 22.8 Å². The van der Waals surface area contributed by atoms with Crippen molar-refractivity contribution in [3.8, 4) is 5.88 Å². The highest BCUT2D eigenvalue weighted by atomic mass is 79.9. The van der Waals surface area contributed by atoms with E-state index in [9.17, 15) is 0 Å². The van der Waals surface area contributed by atoms with Gasteiger partial charge in [-0.15, -0.1) is 0 Å². The van der Waals surface area contributed by atoms with Crippen LogP contribution in [0.15, 0.2) is 16.7 Å². The predicted molar refractivity (Wildman–Crippen MR) is 83.6 cm³/mol. The topological polar surface area (TPSA) is 34.1 Å². The number of unbranched alkanes of at least 4 members (excludes halogenated alkanes) is 3. The summed E-state index contributed by atoms with van der Waals surface area (Å²) in [6.07, 6.45) is 7.80. The summed E-state index contributed by atoms with van der Waals surface area (Å²) in [4.78, 5) is 4.37. The fraction of sp³-hybridized carbons (Fsp3) is 0.667. The molecule has 0 aliphatic carbocycles. The molecule has 0 aliphatic heterocycles. The fourth-order valence-corrected chi connectivity index (χ4v) is 2.20. The van der Waals surface area contributed by atoms with Gasteiger partial charge in [0.15, 0.2) is 0 Å². The number of nitrogens with zero attached hydrogens (tertiary/aromatic N) is 1. The number of hydrogen-bond acceptors (Lipinski definition) is 3. The second kappa shape index (κ2) is 10.2. The molecule has 0 radical (unpaired) electrons. The number of hydrogen-bond donors (Lipinski definition) is 1. The Morgan fingerprint density at radius 3 is 2.79 bits per heavy atom. The third-order valence-corrected chi connectivity index (χ3v) is 3.30. The summed E-state index contributed by atoms with van der Waals surface area (Å²) in [7, 11) is 0. The van der Waals surface area contributed by atoms with Crippen molar-refractivity contribution in [1.82, 2.24) is 10.3 Å². The molecule has 0 spiro atoms. The van der Waals surface area contributed by atoms with Gasteiger partial charge in [0.05, 0.1) is 6.61 Å². The Bertz CT molecular complexity index is 358. The Morgan fingerprint density at radius 1 is 1.21 bits per heavy atom. The van der Waals surface area contributed by atoms with Crippen LogP contribution in [0, 0.1) is 0 Å². The average Bonchev–Trinajstić information content (AvgIpc) is 2.41. The summed E-state index contributed by atoms with van der Waals surface area (Å²) in [5.41, 5.74) is 1.12. The van der Waals surface area contributed by atoms with Crippen LogP contribution < -0.4 is 10.1 Å². The van der Waals surface area contributed by atoms with Crippen LogP contribution in [0.3, 0.4) is 0 Å². The molecule has 0 atom stereocenters. The lowest BCUT2D eigenvalue weighted by Crippen LogP contribution is -2.15. The van der Waals surface area contributed by atoms with Crippen molar-refractivity contribution in [2.24, 2.45) is 0 Å². The van der Waals surface area contributed by atoms with E-state index in [0.29, 0.717) is 0 Å². The fourth-order valence-electron chi connectivity index (χ4n) is 1.82. The first-order chi connectivity index (χ1) is 9.27. The van der Waals surface area contributed by atoms with E-state index in [1.54, 1.807) is 6.20 Å². The lowest BCUT2D eigenvalue weighted by Gasteiger charge is -2.11. The summed E-state index contributed by atoms with van der Waals surface area (Å²) in [6, 6.07) is 2.08. The molecular weight excluding hydrogens is 304 g/mol. The molecule has 1 rings (SSSR count). The Morgan fingerprint density at radius 2 is 2.05 bits per heavy atom. The minimum absolute atomic E-state index is 0.759. The van der Waals surface area contributed by atoms with Crippen LogP contribution in [0.1, 0.15) is 51.5 Å². The van der Waals surface area contributed by atoms with Crippen molar-refractivity contribution >= 4 is 15.9 Å². The van der Waals surface area contributed by atoms with E-state index < -0.39 is 0 Å². The third kappa shape index (κ3) is 6.92. The highest BCUT2D eigenvalue weighted by Crippen LogP contribution is 2.20. The summed E-state index contributed by atoms with van der Waals surface area (Å²) < 4.78 is 6.80. The molecule has 0 amide bonds. The molecule has 1 N–H and O–H groups in total. The van der Waals surface area contributed by atoms with Crippen molar-refractivity contribution in [1.29, 1.82) is 0 Å². The van der Waals surface area contributed by atoms with Gasteiger partial charge in [-0.2, -0.15) is 0 Å². The van der Waals surface area contributed by atoms with Crippen LogP contribution in [0.2, 0.25) is 0 Å². The maximum atomic E-state index is 5.80. The molecule has 1 aromatic heterocycles. The monoisotopic (exact) mass is 328 g/mol. The average molecular weight is 329 g/mol. The zero-order valence-electron chi connectivity index (χ0n) is 12.0. The molecule has 3 nitrogen and oxygen atoms in total. The molecule has 0 aliphatic rings. The molecule has 0 bridgehead atoms. The molecule has 0 unspecified atom stereocenters. The maximum absolute atomic E-state index is 5.80. The largest absolute Gasteiger partial charge is 0.477 e. The van der Waals surface area contributed by atoms with Crippen LogP contribution >= 0.6 is 15.9 Å². The van der Waals surface area contributed by atoms with Gasteiger partial charge in [-0.25, -0.2) is 4.98 Å².